The standard InChI is InChI=1S/C18H21N3O3/c1-4-20-14-8-5-6-9-15(14)21(18(20)23)12-17(22)19(3)13(2)16-10-7-11-24-16/h5-11,13H,4,12H2,1-3H3. The van der Waals surface area contributed by atoms with Crippen molar-refractivity contribution in [2.24, 2.45) is 0 Å². The molecule has 6 nitrogen and oxygen atoms in total. The maximum absolute atomic E-state index is 12.7. The Balaban J connectivity index is 1.91. The number of benzene rings is 1. The third kappa shape index (κ3) is 2.64. The maximum Gasteiger partial charge on any atom is 0.329 e. The number of rotatable bonds is 5. The van der Waals surface area contributed by atoms with Crippen LogP contribution in [0.3, 0.4) is 0 Å². The molecule has 1 unspecified atom stereocenters. The zero-order valence-electron chi connectivity index (χ0n) is 14.1. The smallest absolute Gasteiger partial charge is 0.329 e. The van der Waals surface area contributed by atoms with Gasteiger partial charge in [0, 0.05) is 13.6 Å². The highest BCUT2D eigenvalue weighted by Crippen LogP contribution is 2.20. The molecule has 0 aliphatic heterocycles. The summed E-state index contributed by atoms with van der Waals surface area (Å²) in [5, 5.41) is 0. The summed E-state index contributed by atoms with van der Waals surface area (Å²) in [4.78, 5) is 26.9. The van der Waals surface area contributed by atoms with E-state index in [4.69, 9.17) is 4.42 Å². The molecule has 0 spiro atoms. The van der Waals surface area contributed by atoms with Gasteiger partial charge in [-0.25, -0.2) is 4.79 Å². The van der Waals surface area contributed by atoms with Crippen LogP contribution in [-0.2, 0) is 17.9 Å². The molecule has 1 amide bonds. The van der Waals surface area contributed by atoms with Gasteiger partial charge in [0.2, 0.25) is 5.91 Å². The number of imidazole rings is 1. The van der Waals surface area contributed by atoms with E-state index < -0.39 is 0 Å². The van der Waals surface area contributed by atoms with E-state index in [1.807, 2.05) is 44.2 Å². The number of hydrogen-bond acceptors (Lipinski definition) is 3. The normalized spacial score (nSPS) is 12.5. The molecule has 24 heavy (non-hydrogen) atoms. The molecule has 3 rings (SSSR count). The molecular formula is C18H21N3O3. The number of carbonyl (C=O) groups excluding carboxylic acids is 1. The van der Waals surface area contributed by atoms with Crippen molar-refractivity contribution in [1.29, 1.82) is 0 Å². The monoisotopic (exact) mass is 327 g/mol. The van der Waals surface area contributed by atoms with E-state index in [9.17, 15) is 9.59 Å². The number of amides is 1. The number of fused-ring (bicyclic) bond motifs is 1. The number of carbonyl (C=O) groups is 1. The minimum absolute atomic E-state index is 0.00783. The van der Waals surface area contributed by atoms with Gasteiger partial charge in [-0.15, -0.1) is 0 Å². The van der Waals surface area contributed by atoms with E-state index in [0.29, 0.717) is 12.3 Å². The van der Waals surface area contributed by atoms with Crippen molar-refractivity contribution < 1.29 is 9.21 Å². The molecule has 0 radical (unpaired) electrons. The summed E-state index contributed by atoms with van der Waals surface area (Å²) >= 11 is 0. The molecule has 6 heteroatoms. The number of aromatic nitrogens is 2. The largest absolute Gasteiger partial charge is 0.467 e. The number of hydrogen-bond donors (Lipinski definition) is 0. The number of nitrogens with zero attached hydrogens (tertiary/aromatic N) is 3. The lowest BCUT2D eigenvalue weighted by atomic mass is 10.2. The van der Waals surface area contributed by atoms with E-state index in [-0.39, 0.29) is 24.2 Å². The van der Waals surface area contributed by atoms with Crippen molar-refractivity contribution in [3.63, 3.8) is 0 Å². The molecule has 0 fully saturated rings. The Hall–Kier alpha value is -2.76. The number of aryl methyl sites for hydroxylation is 1. The van der Waals surface area contributed by atoms with Crippen LogP contribution in [0.25, 0.3) is 11.0 Å². The van der Waals surface area contributed by atoms with Crippen LogP contribution in [0.4, 0.5) is 0 Å². The number of para-hydroxylation sites is 2. The Morgan fingerprint density at radius 1 is 1.17 bits per heavy atom. The maximum atomic E-state index is 12.7. The Morgan fingerprint density at radius 2 is 1.83 bits per heavy atom. The van der Waals surface area contributed by atoms with Gasteiger partial charge in [-0.05, 0) is 38.1 Å². The van der Waals surface area contributed by atoms with Crippen molar-refractivity contribution in [2.75, 3.05) is 7.05 Å². The molecule has 0 aliphatic carbocycles. The second-order valence-corrected chi connectivity index (χ2v) is 5.80. The average Bonchev–Trinajstić information content (AvgIpc) is 3.21. The lowest BCUT2D eigenvalue weighted by Crippen LogP contribution is -2.35. The van der Waals surface area contributed by atoms with Crippen LogP contribution in [0.2, 0.25) is 0 Å². The van der Waals surface area contributed by atoms with E-state index in [1.165, 1.54) is 4.57 Å². The molecule has 0 saturated carbocycles. The minimum atomic E-state index is -0.192. The fraction of sp³-hybridized carbons (Fsp3) is 0.333. The summed E-state index contributed by atoms with van der Waals surface area (Å²) in [7, 11) is 1.72. The van der Waals surface area contributed by atoms with Gasteiger partial charge < -0.3 is 9.32 Å². The van der Waals surface area contributed by atoms with Gasteiger partial charge in [0.25, 0.3) is 0 Å². The zero-order chi connectivity index (χ0) is 17.3. The quantitative estimate of drug-likeness (QED) is 0.724. The van der Waals surface area contributed by atoms with Gasteiger partial charge in [0.15, 0.2) is 0 Å². The van der Waals surface area contributed by atoms with Crippen LogP contribution >= 0.6 is 0 Å². The predicted octanol–water partition coefficient (Wildman–Crippen LogP) is 2.64. The lowest BCUT2D eigenvalue weighted by molar-refractivity contribution is -0.132. The van der Waals surface area contributed by atoms with Crippen LogP contribution in [0, 0.1) is 0 Å². The minimum Gasteiger partial charge on any atom is -0.467 e. The highest BCUT2D eigenvalue weighted by Gasteiger charge is 2.22. The molecule has 0 saturated heterocycles. The molecule has 3 aromatic rings. The molecule has 0 N–H and O–H groups in total. The first-order valence-corrected chi connectivity index (χ1v) is 8.01. The predicted molar refractivity (Wildman–Crippen MR) is 91.8 cm³/mol. The summed E-state index contributed by atoms with van der Waals surface area (Å²) in [5.41, 5.74) is 1.46. The van der Waals surface area contributed by atoms with Gasteiger partial charge in [-0.2, -0.15) is 0 Å². The van der Waals surface area contributed by atoms with E-state index in [1.54, 1.807) is 28.8 Å². The second-order valence-electron chi connectivity index (χ2n) is 5.80. The molecule has 0 aliphatic rings. The summed E-state index contributed by atoms with van der Waals surface area (Å²) in [6.45, 7) is 4.40. The molecule has 126 valence electrons. The first kappa shape index (κ1) is 16.1. The summed E-state index contributed by atoms with van der Waals surface area (Å²) < 4.78 is 8.58. The molecule has 2 aromatic heterocycles. The van der Waals surface area contributed by atoms with Crippen LogP contribution < -0.4 is 5.69 Å². The summed E-state index contributed by atoms with van der Waals surface area (Å²) in [5.74, 6) is 0.578. The number of likely N-dealkylation sites (N-methyl/N-ethyl adjacent to an activating group) is 1. The molecule has 2 heterocycles. The molecule has 1 atom stereocenters. The fourth-order valence-corrected chi connectivity index (χ4v) is 2.91. The lowest BCUT2D eigenvalue weighted by Gasteiger charge is -2.23. The SMILES string of the molecule is CCn1c(=O)n(CC(=O)N(C)C(C)c2ccco2)c2ccccc21. The van der Waals surface area contributed by atoms with Gasteiger partial charge in [0.05, 0.1) is 23.3 Å². The van der Waals surface area contributed by atoms with Gasteiger partial charge in [-0.3, -0.25) is 13.9 Å². The first-order chi connectivity index (χ1) is 11.5. The zero-order valence-corrected chi connectivity index (χ0v) is 14.1. The van der Waals surface area contributed by atoms with E-state index in [2.05, 4.69) is 0 Å². The van der Waals surface area contributed by atoms with Crippen molar-refractivity contribution in [2.45, 2.75) is 33.0 Å². The molecular weight excluding hydrogens is 306 g/mol. The fourth-order valence-electron chi connectivity index (χ4n) is 2.91. The van der Waals surface area contributed by atoms with Crippen LogP contribution in [0.5, 0.6) is 0 Å². The Morgan fingerprint density at radius 3 is 2.42 bits per heavy atom. The van der Waals surface area contributed by atoms with Crippen LogP contribution in [0.1, 0.15) is 25.6 Å². The summed E-state index contributed by atoms with van der Waals surface area (Å²) in [6, 6.07) is 11.0. The van der Waals surface area contributed by atoms with Gasteiger partial charge >= 0.3 is 5.69 Å². The van der Waals surface area contributed by atoms with E-state index in [0.717, 1.165) is 11.0 Å². The topological polar surface area (TPSA) is 60.4 Å². The van der Waals surface area contributed by atoms with Crippen molar-refractivity contribution in [3.05, 3.63) is 58.9 Å². The third-order valence-corrected chi connectivity index (χ3v) is 4.46. The van der Waals surface area contributed by atoms with Crippen molar-refractivity contribution >= 4 is 16.9 Å². The Kier molecular flexibility index (Phi) is 4.29. The van der Waals surface area contributed by atoms with E-state index >= 15 is 0 Å². The number of furan rings is 1. The average molecular weight is 327 g/mol. The van der Waals surface area contributed by atoms with Crippen molar-refractivity contribution in [1.82, 2.24) is 14.0 Å². The Bertz CT molecular complexity index is 905. The van der Waals surface area contributed by atoms with Crippen LogP contribution in [-0.4, -0.2) is 27.0 Å². The second kappa shape index (κ2) is 6.39. The van der Waals surface area contributed by atoms with Gasteiger partial charge in [-0.1, -0.05) is 12.1 Å². The van der Waals surface area contributed by atoms with Crippen LogP contribution in [0.15, 0.2) is 51.9 Å². The molecule has 1 aromatic carbocycles. The Labute approximate surface area is 139 Å². The first-order valence-electron chi connectivity index (χ1n) is 8.01. The third-order valence-electron chi connectivity index (χ3n) is 4.46. The summed E-state index contributed by atoms with van der Waals surface area (Å²) in [6.07, 6.45) is 1.59. The highest BCUT2D eigenvalue weighted by molar-refractivity contribution is 5.81. The van der Waals surface area contributed by atoms with Gasteiger partial charge in [0.1, 0.15) is 12.3 Å². The van der Waals surface area contributed by atoms with Crippen molar-refractivity contribution in [3.8, 4) is 0 Å². The highest BCUT2D eigenvalue weighted by atomic mass is 16.3. The molecule has 0 bridgehead atoms.